The van der Waals surface area contributed by atoms with Crippen molar-refractivity contribution in [2.24, 2.45) is 0 Å². The molecule has 0 aliphatic carbocycles. The Hall–Kier alpha value is -3.16. The third-order valence-corrected chi connectivity index (χ3v) is 8.94. The molecule has 2 N–H and O–H groups in total. The van der Waals surface area contributed by atoms with Crippen molar-refractivity contribution in [2.45, 2.75) is 29.6 Å². The average Bonchev–Trinajstić information content (AvgIpc) is 3.52. The van der Waals surface area contributed by atoms with Gasteiger partial charge in [-0.15, -0.1) is 16.4 Å². The summed E-state index contributed by atoms with van der Waals surface area (Å²) in [7, 11) is -4.20. The Morgan fingerprint density at radius 3 is 2.43 bits per heavy atom. The molecule has 1 atom stereocenters. The zero-order valence-corrected chi connectivity index (χ0v) is 22.1. The van der Waals surface area contributed by atoms with Crippen molar-refractivity contribution in [3.63, 3.8) is 0 Å². The molecule has 2 heterocycles. The van der Waals surface area contributed by atoms with E-state index in [1.54, 1.807) is 23.6 Å². The van der Waals surface area contributed by atoms with Crippen LogP contribution < -0.4 is 4.72 Å². The molecular formula is C23H19Cl2N5O5S2. The van der Waals surface area contributed by atoms with Gasteiger partial charge in [-0.2, -0.15) is 4.72 Å². The molecule has 10 nitrogen and oxygen atoms in total. The number of aromatic nitrogens is 4. The molecule has 0 amide bonds. The molecule has 4 aromatic rings. The van der Waals surface area contributed by atoms with Gasteiger partial charge in [0.25, 0.3) is 10.0 Å². The van der Waals surface area contributed by atoms with Crippen LogP contribution >= 0.6 is 34.5 Å². The highest BCUT2D eigenvalue weighted by molar-refractivity contribution is 7.91. The van der Waals surface area contributed by atoms with Crippen LogP contribution in [0.2, 0.25) is 10.0 Å². The summed E-state index contributed by atoms with van der Waals surface area (Å²) in [5, 5.41) is 23.0. The first-order valence-corrected chi connectivity index (χ1v) is 13.8. The van der Waals surface area contributed by atoms with E-state index in [0.717, 1.165) is 21.6 Å². The minimum absolute atomic E-state index is 0.0500. The Kier molecular flexibility index (Phi) is 8.35. The molecule has 2 aromatic heterocycles. The maximum absolute atomic E-state index is 13.1. The highest BCUT2D eigenvalue weighted by Crippen LogP contribution is 2.29. The van der Waals surface area contributed by atoms with Crippen molar-refractivity contribution in [2.75, 3.05) is 0 Å². The van der Waals surface area contributed by atoms with E-state index < -0.39 is 40.8 Å². The number of rotatable bonds is 11. The third-order valence-electron chi connectivity index (χ3n) is 5.32. The van der Waals surface area contributed by atoms with Crippen molar-refractivity contribution in [3.05, 3.63) is 81.4 Å². The van der Waals surface area contributed by atoms with Gasteiger partial charge in [0.05, 0.1) is 12.5 Å². The fourth-order valence-electron chi connectivity index (χ4n) is 3.47. The van der Waals surface area contributed by atoms with Gasteiger partial charge in [0.2, 0.25) is 0 Å². The second-order valence-corrected chi connectivity index (χ2v) is 11.6. The van der Waals surface area contributed by atoms with Crippen molar-refractivity contribution >= 4 is 56.3 Å². The summed E-state index contributed by atoms with van der Waals surface area (Å²) in [6, 6.07) is 14.1. The fraction of sp³-hybridized carbons (Fsp3) is 0.174. The van der Waals surface area contributed by atoms with Gasteiger partial charge < -0.3 is 5.11 Å². The van der Waals surface area contributed by atoms with Crippen LogP contribution in [0, 0.1) is 0 Å². The van der Waals surface area contributed by atoms with E-state index in [-0.39, 0.29) is 16.5 Å². The quantitative estimate of drug-likeness (QED) is 0.273. The van der Waals surface area contributed by atoms with Crippen LogP contribution in [0.1, 0.15) is 17.8 Å². The van der Waals surface area contributed by atoms with Gasteiger partial charge in [0.15, 0.2) is 11.6 Å². The molecule has 0 spiro atoms. The number of carbonyl (C=O) groups is 2. The molecule has 14 heteroatoms. The molecule has 1 unspecified atom stereocenters. The lowest BCUT2D eigenvalue weighted by atomic mass is 10.1. The van der Waals surface area contributed by atoms with E-state index >= 15 is 0 Å². The van der Waals surface area contributed by atoms with E-state index in [4.69, 9.17) is 23.2 Å². The van der Waals surface area contributed by atoms with Gasteiger partial charge in [-0.05, 0) is 50.7 Å². The summed E-state index contributed by atoms with van der Waals surface area (Å²) in [5.41, 5.74) is 2.05. The maximum Gasteiger partial charge on any atom is 0.305 e. The Bertz CT molecular complexity index is 1520. The number of Topliss-reactive ketones (excluding diaryl/α,β-unsaturated/α-hetero) is 1. The Morgan fingerprint density at radius 2 is 1.76 bits per heavy atom. The summed E-state index contributed by atoms with van der Waals surface area (Å²) in [6.07, 6.45) is -0.658. The van der Waals surface area contributed by atoms with Crippen LogP contribution in [0.25, 0.3) is 11.1 Å². The smallest absolute Gasteiger partial charge is 0.305 e. The lowest BCUT2D eigenvalue weighted by Crippen LogP contribution is -2.43. The minimum Gasteiger partial charge on any atom is -0.481 e. The standard InChI is InChI=1S/C23H19Cl2N5O5S2/c24-17-7-4-8-18(25)16(17)10-21-26-28-29-30(21)12-20(31)19(11-22(32)33)27-37(34,35)23-9-15(13-36-23)14-5-2-1-3-6-14/h1-9,13,19,27H,10-12H2,(H,32,33). The molecule has 0 saturated carbocycles. The molecule has 4 rings (SSSR count). The number of halogens is 2. The van der Waals surface area contributed by atoms with Crippen LogP contribution in [0.4, 0.5) is 0 Å². The van der Waals surface area contributed by atoms with Crippen molar-refractivity contribution in [1.82, 2.24) is 24.9 Å². The summed E-state index contributed by atoms with van der Waals surface area (Å²) in [5.74, 6) is -1.84. The van der Waals surface area contributed by atoms with Crippen molar-refractivity contribution in [1.29, 1.82) is 0 Å². The average molecular weight is 580 g/mol. The van der Waals surface area contributed by atoms with Crippen molar-refractivity contribution < 1.29 is 23.1 Å². The molecule has 2 aromatic carbocycles. The van der Waals surface area contributed by atoms with Gasteiger partial charge in [-0.25, -0.2) is 13.1 Å². The molecule has 0 aliphatic heterocycles. The number of carbonyl (C=O) groups excluding carboxylic acids is 1. The Balaban J connectivity index is 1.53. The highest BCUT2D eigenvalue weighted by atomic mass is 35.5. The molecule has 0 radical (unpaired) electrons. The predicted molar refractivity (Wildman–Crippen MR) is 138 cm³/mol. The first kappa shape index (κ1) is 26.9. The summed E-state index contributed by atoms with van der Waals surface area (Å²) in [6.45, 7) is -0.468. The van der Waals surface area contributed by atoms with Gasteiger partial charge in [0.1, 0.15) is 10.8 Å². The number of carboxylic acid groups (broad SMARTS) is 1. The second kappa shape index (κ2) is 11.5. The monoisotopic (exact) mass is 579 g/mol. The van der Waals surface area contributed by atoms with Gasteiger partial charge in [0, 0.05) is 16.5 Å². The van der Waals surface area contributed by atoms with Crippen LogP contribution in [-0.2, 0) is 32.6 Å². The van der Waals surface area contributed by atoms with Gasteiger partial charge >= 0.3 is 5.97 Å². The number of carboxylic acids is 1. The molecule has 37 heavy (non-hydrogen) atoms. The largest absolute Gasteiger partial charge is 0.481 e. The van der Waals surface area contributed by atoms with Crippen LogP contribution in [0.3, 0.4) is 0 Å². The number of ketones is 1. The first-order valence-electron chi connectivity index (χ1n) is 10.7. The van der Waals surface area contributed by atoms with E-state index in [1.807, 2.05) is 30.3 Å². The number of hydrogen-bond acceptors (Lipinski definition) is 8. The van der Waals surface area contributed by atoms with Gasteiger partial charge in [-0.1, -0.05) is 59.6 Å². The van der Waals surface area contributed by atoms with E-state index in [9.17, 15) is 23.1 Å². The lowest BCUT2D eigenvalue weighted by molar-refractivity contribution is -0.139. The Labute approximate surface area is 225 Å². The predicted octanol–water partition coefficient (Wildman–Crippen LogP) is 3.69. The van der Waals surface area contributed by atoms with E-state index in [0.29, 0.717) is 21.2 Å². The van der Waals surface area contributed by atoms with Crippen molar-refractivity contribution in [3.8, 4) is 11.1 Å². The zero-order valence-electron chi connectivity index (χ0n) is 18.9. The first-order chi connectivity index (χ1) is 17.6. The molecule has 192 valence electrons. The number of nitrogens with one attached hydrogen (secondary N) is 1. The fourth-order valence-corrected chi connectivity index (χ4v) is 6.43. The summed E-state index contributed by atoms with van der Waals surface area (Å²) < 4.78 is 29.4. The minimum atomic E-state index is -4.20. The summed E-state index contributed by atoms with van der Waals surface area (Å²) >= 11 is 13.4. The topological polar surface area (TPSA) is 144 Å². The van der Waals surface area contributed by atoms with E-state index in [1.165, 1.54) is 6.07 Å². The molecule has 0 aliphatic rings. The number of thiophene rings is 1. The van der Waals surface area contributed by atoms with Gasteiger partial charge in [-0.3, -0.25) is 9.59 Å². The second-order valence-electron chi connectivity index (χ2n) is 7.89. The number of tetrazole rings is 1. The van der Waals surface area contributed by atoms with Crippen LogP contribution in [-0.4, -0.2) is 51.5 Å². The summed E-state index contributed by atoms with van der Waals surface area (Å²) in [4.78, 5) is 24.5. The molecule has 0 bridgehead atoms. The molecular weight excluding hydrogens is 561 g/mol. The molecule has 0 fully saturated rings. The number of benzene rings is 2. The number of aliphatic carboxylic acids is 1. The number of sulfonamides is 1. The number of nitrogens with zero attached hydrogens (tertiary/aromatic N) is 4. The van der Waals surface area contributed by atoms with Crippen LogP contribution in [0.15, 0.2) is 64.2 Å². The maximum atomic E-state index is 13.1. The highest BCUT2D eigenvalue weighted by Gasteiger charge is 2.30. The molecule has 0 saturated heterocycles. The normalized spacial score (nSPS) is 12.4. The third kappa shape index (κ3) is 6.59. The SMILES string of the molecule is O=C(O)CC(NS(=O)(=O)c1cc(-c2ccccc2)cs1)C(=O)Cn1nnnc1Cc1c(Cl)cccc1Cl. The number of hydrogen-bond donors (Lipinski definition) is 2. The van der Waals surface area contributed by atoms with Crippen LogP contribution in [0.5, 0.6) is 0 Å². The lowest BCUT2D eigenvalue weighted by Gasteiger charge is -2.16. The Morgan fingerprint density at radius 1 is 1.05 bits per heavy atom. The zero-order chi connectivity index (χ0) is 26.6. The van der Waals surface area contributed by atoms with E-state index in [2.05, 4.69) is 20.2 Å².